The number of rotatable bonds is 10. The van der Waals surface area contributed by atoms with E-state index >= 15 is 0 Å². The van der Waals surface area contributed by atoms with Crippen LogP contribution in [0.15, 0.2) is 18.2 Å². The van der Waals surface area contributed by atoms with Crippen LogP contribution < -0.4 is 0 Å². The molecule has 0 saturated heterocycles. The average molecular weight is 435 g/mol. The standard InChI is InChI=1S/C27H40F2O2/c1-5-6-7-8-9-14-27(17-22(27)20-11-13-23(28)24(29)16-20)26(30)31-25-15-19(4)10-12-21(25)18(2)3/h11,13,16,18-19,21-22,25H,5-10,12,14-15,17H2,1-4H3/t19-,21+,22-,25-,27-/m1/s1. The Kier molecular flexibility index (Phi) is 8.15. The van der Waals surface area contributed by atoms with Gasteiger partial charge < -0.3 is 4.74 Å². The molecule has 2 nitrogen and oxygen atoms in total. The van der Waals surface area contributed by atoms with E-state index in [2.05, 4.69) is 27.7 Å². The number of benzene rings is 1. The van der Waals surface area contributed by atoms with E-state index in [0.29, 0.717) is 24.2 Å². The van der Waals surface area contributed by atoms with Crippen molar-refractivity contribution < 1.29 is 18.3 Å². The van der Waals surface area contributed by atoms with E-state index in [9.17, 15) is 13.6 Å². The third kappa shape index (κ3) is 5.68. The van der Waals surface area contributed by atoms with Gasteiger partial charge in [0.2, 0.25) is 0 Å². The van der Waals surface area contributed by atoms with E-state index in [1.807, 2.05) is 0 Å². The van der Waals surface area contributed by atoms with Gasteiger partial charge in [0.15, 0.2) is 11.6 Å². The molecule has 174 valence electrons. The van der Waals surface area contributed by atoms with Crippen molar-refractivity contribution in [3.8, 4) is 0 Å². The van der Waals surface area contributed by atoms with Crippen LogP contribution in [0.25, 0.3) is 0 Å². The van der Waals surface area contributed by atoms with Crippen LogP contribution in [0.5, 0.6) is 0 Å². The molecular weight excluding hydrogens is 394 g/mol. The molecule has 2 aliphatic rings. The Morgan fingerprint density at radius 2 is 1.87 bits per heavy atom. The molecule has 0 aliphatic heterocycles. The number of carbonyl (C=O) groups is 1. The highest BCUT2D eigenvalue weighted by atomic mass is 19.2. The second kappa shape index (κ2) is 10.4. The summed E-state index contributed by atoms with van der Waals surface area (Å²) in [6.07, 6.45) is 10.3. The molecule has 0 bridgehead atoms. The van der Waals surface area contributed by atoms with Gasteiger partial charge in [-0.3, -0.25) is 4.79 Å². The van der Waals surface area contributed by atoms with Crippen LogP contribution in [0.3, 0.4) is 0 Å². The molecule has 1 aromatic rings. The van der Waals surface area contributed by atoms with E-state index in [1.54, 1.807) is 6.07 Å². The van der Waals surface area contributed by atoms with Gasteiger partial charge in [-0.25, -0.2) is 8.78 Å². The van der Waals surface area contributed by atoms with Gasteiger partial charge in [0.25, 0.3) is 0 Å². The number of halogens is 2. The van der Waals surface area contributed by atoms with E-state index in [1.165, 1.54) is 37.8 Å². The zero-order valence-corrected chi connectivity index (χ0v) is 19.8. The molecule has 0 heterocycles. The summed E-state index contributed by atoms with van der Waals surface area (Å²) in [6.45, 7) is 8.86. The van der Waals surface area contributed by atoms with Crippen molar-refractivity contribution in [2.45, 2.75) is 104 Å². The van der Waals surface area contributed by atoms with Crippen LogP contribution in [0.2, 0.25) is 0 Å². The molecule has 0 spiro atoms. The molecule has 0 amide bonds. The van der Waals surface area contributed by atoms with Gasteiger partial charge in [-0.05, 0) is 61.1 Å². The summed E-state index contributed by atoms with van der Waals surface area (Å²) in [6, 6.07) is 4.08. The molecule has 0 unspecified atom stereocenters. The van der Waals surface area contributed by atoms with Gasteiger partial charge in [0, 0.05) is 5.92 Å². The predicted molar refractivity (Wildman–Crippen MR) is 121 cm³/mol. The number of hydrogen-bond acceptors (Lipinski definition) is 2. The SMILES string of the molecule is CCCCCCC[C@@]1(C(=O)O[C@@H]2C[C@H](C)CC[C@H]2C(C)C)C[C@@H]1c1ccc(F)c(F)c1. The van der Waals surface area contributed by atoms with Crippen LogP contribution in [-0.4, -0.2) is 12.1 Å². The Morgan fingerprint density at radius 3 is 2.55 bits per heavy atom. The second-order valence-electron chi connectivity index (χ2n) is 10.5. The first kappa shape index (κ1) is 24.2. The highest BCUT2D eigenvalue weighted by molar-refractivity contribution is 5.82. The molecule has 1 aromatic carbocycles. The lowest BCUT2D eigenvalue weighted by atomic mass is 9.75. The van der Waals surface area contributed by atoms with E-state index in [4.69, 9.17) is 4.74 Å². The summed E-state index contributed by atoms with van der Waals surface area (Å²) in [4.78, 5) is 13.5. The monoisotopic (exact) mass is 434 g/mol. The lowest BCUT2D eigenvalue weighted by molar-refractivity contribution is -0.163. The van der Waals surface area contributed by atoms with Gasteiger partial charge in [0.1, 0.15) is 6.10 Å². The van der Waals surface area contributed by atoms with Crippen LogP contribution in [-0.2, 0) is 9.53 Å². The molecular formula is C27H40F2O2. The highest BCUT2D eigenvalue weighted by Crippen LogP contribution is 2.63. The van der Waals surface area contributed by atoms with Gasteiger partial charge in [-0.2, -0.15) is 0 Å². The fourth-order valence-corrected chi connectivity index (χ4v) is 5.62. The molecule has 0 N–H and O–H groups in total. The van der Waals surface area contributed by atoms with Crippen LogP contribution in [0.1, 0.15) is 103 Å². The first-order valence-electron chi connectivity index (χ1n) is 12.4. The maximum atomic E-state index is 13.9. The minimum absolute atomic E-state index is 0.0283. The third-order valence-electron chi connectivity index (χ3n) is 7.77. The minimum Gasteiger partial charge on any atom is -0.462 e. The molecule has 0 radical (unpaired) electrons. The van der Waals surface area contributed by atoms with Crippen LogP contribution in [0.4, 0.5) is 8.78 Å². The summed E-state index contributed by atoms with van der Waals surface area (Å²) in [5.74, 6) is -0.399. The zero-order chi connectivity index (χ0) is 22.6. The maximum Gasteiger partial charge on any atom is 0.313 e. The molecule has 5 atom stereocenters. The van der Waals surface area contributed by atoms with Crippen molar-refractivity contribution in [1.29, 1.82) is 0 Å². The van der Waals surface area contributed by atoms with Gasteiger partial charge >= 0.3 is 5.97 Å². The molecule has 3 rings (SSSR count). The van der Waals surface area contributed by atoms with Crippen molar-refractivity contribution in [2.24, 2.45) is 23.2 Å². The molecule has 0 aromatic heterocycles. The Balaban J connectivity index is 1.74. The number of unbranched alkanes of at least 4 members (excludes halogenated alkanes) is 4. The summed E-state index contributed by atoms with van der Waals surface area (Å²) in [5, 5.41) is 0. The second-order valence-corrected chi connectivity index (χ2v) is 10.5. The number of hydrogen-bond donors (Lipinski definition) is 0. The minimum atomic E-state index is -0.840. The zero-order valence-electron chi connectivity index (χ0n) is 19.8. The van der Waals surface area contributed by atoms with Crippen molar-refractivity contribution in [3.05, 3.63) is 35.4 Å². The topological polar surface area (TPSA) is 26.3 Å². The average Bonchev–Trinajstić information content (AvgIpc) is 3.45. The highest BCUT2D eigenvalue weighted by Gasteiger charge is 2.61. The molecule has 2 saturated carbocycles. The maximum absolute atomic E-state index is 13.9. The van der Waals surface area contributed by atoms with Crippen molar-refractivity contribution in [1.82, 2.24) is 0 Å². The van der Waals surface area contributed by atoms with E-state index in [-0.39, 0.29) is 18.0 Å². The number of ether oxygens (including phenoxy) is 1. The fraction of sp³-hybridized carbons (Fsp3) is 0.741. The first-order chi connectivity index (χ1) is 14.8. The van der Waals surface area contributed by atoms with Crippen molar-refractivity contribution in [2.75, 3.05) is 0 Å². The smallest absolute Gasteiger partial charge is 0.313 e. The fourth-order valence-electron chi connectivity index (χ4n) is 5.62. The van der Waals surface area contributed by atoms with E-state index < -0.39 is 17.0 Å². The molecule has 2 fully saturated rings. The van der Waals surface area contributed by atoms with Crippen molar-refractivity contribution >= 4 is 5.97 Å². The summed E-state index contributed by atoms with van der Waals surface area (Å²) >= 11 is 0. The Labute approximate surface area is 187 Å². The largest absolute Gasteiger partial charge is 0.462 e. The molecule has 4 heteroatoms. The van der Waals surface area contributed by atoms with Gasteiger partial charge in [-0.15, -0.1) is 0 Å². The number of carbonyl (C=O) groups excluding carboxylic acids is 1. The summed E-state index contributed by atoms with van der Waals surface area (Å²) < 4.78 is 33.6. The first-order valence-corrected chi connectivity index (χ1v) is 12.4. The van der Waals surface area contributed by atoms with Gasteiger partial charge in [0.05, 0.1) is 5.41 Å². The quantitative estimate of drug-likeness (QED) is 0.277. The molecule has 31 heavy (non-hydrogen) atoms. The Morgan fingerprint density at radius 1 is 1.13 bits per heavy atom. The molecule has 2 aliphatic carbocycles. The third-order valence-corrected chi connectivity index (χ3v) is 7.77. The lowest BCUT2D eigenvalue weighted by Gasteiger charge is -2.37. The lowest BCUT2D eigenvalue weighted by Crippen LogP contribution is -2.38. The predicted octanol–water partition coefficient (Wildman–Crippen LogP) is 7.80. The Hall–Kier alpha value is -1.45. The Bertz CT molecular complexity index is 747. The summed E-state index contributed by atoms with van der Waals surface area (Å²) in [5.41, 5.74) is 0.153. The number of esters is 1. The van der Waals surface area contributed by atoms with E-state index in [0.717, 1.165) is 37.7 Å². The normalized spacial score (nSPS) is 30.4. The van der Waals surface area contributed by atoms with Crippen molar-refractivity contribution in [3.63, 3.8) is 0 Å². The van der Waals surface area contributed by atoms with Gasteiger partial charge in [-0.1, -0.05) is 72.3 Å². The van der Waals surface area contributed by atoms with Crippen LogP contribution in [0, 0.1) is 34.8 Å². The van der Waals surface area contributed by atoms with Crippen LogP contribution >= 0.6 is 0 Å². The summed E-state index contributed by atoms with van der Waals surface area (Å²) in [7, 11) is 0.